The van der Waals surface area contributed by atoms with Gasteiger partial charge in [0.25, 0.3) is 0 Å². The van der Waals surface area contributed by atoms with Crippen LogP contribution in [0.15, 0.2) is 54.6 Å². The number of hydrogen-bond donors (Lipinski definition) is 0. The third kappa shape index (κ3) is 4.77. The van der Waals surface area contributed by atoms with E-state index in [-0.39, 0.29) is 0 Å². The molecule has 0 bridgehead atoms. The summed E-state index contributed by atoms with van der Waals surface area (Å²) in [7, 11) is 0. The molecule has 0 amide bonds. The first kappa shape index (κ1) is 20.6. The van der Waals surface area contributed by atoms with Gasteiger partial charge >= 0.3 is 0 Å². The molecule has 4 saturated carbocycles. The van der Waals surface area contributed by atoms with Gasteiger partial charge in [-0.2, -0.15) is 0 Å². The topological polar surface area (TPSA) is 3.24 Å². The molecule has 0 aromatic heterocycles. The summed E-state index contributed by atoms with van der Waals surface area (Å²) in [4.78, 5) is 2.85. The van der Waals surface area contributed by atoms with Crippen molar-refractivity contribution >= 4 is 0 Å². The fourth-order valence-electron chi connectivity index (χ4n) is 7.64. The maximum absolute atomic E-state index is 4.31. The quantitative estimate of drug-likeness (QED) is 0.452. The number of benzene rings is 1. The van der Waals surface area contributed by atoms with Crippen LogP contribution in [0, 0.1) is 35.5 Å². The second-order valence-corrected chi connectivity index (χ2v) is 11.4. The first-order valence-electron chi connectivity index (χ1n) is 12.7. The van der Waals surface area contributed by atoms with Gasteiger partial charge in [0.05, 0.1) is 0 Å². The molecule has 4 aliphatic carbocycles. The summed E-state index contributed by atoms with van der Waals surface area (Å²) in [6.07, 6.45) is 13.9. The lowest BCUT2D eigenvalue weighted by Crippen LogP contribution is -2.37. The third-order valence-corrected chi connectivity index (χ3v) is 8.98. The highest BCUT2D eigenvalue weighted by atomic mass is 15.1. The second-order valence-electron chi connectivity index (χ2n) is 11.4. The van der Waals surface area contributed by atoms with E-state index in [2.05, 4.69) is 48.4 Å². The van der Waals surface area contributed by atoms with E-state index in [1.165, 1.54) is 94.0 Å². The first-order chi connectivity index (χ1) is 14.6. The summed E-state index contributed by atoms with van der Waals surface area (Å²) in [5.41, 5.74) is 4.55. The molecule has 1 aromatic carbocycles. The van der Waals surface area contributed by atoms with Crippen LogP contribution in [0.3, 0.4) is 0 Å². The predicted octanol–water partition coefficient (Wildman–Crippen LogP) is 7.25. The van der Waals surface area contributed by atoms with Gasteiger partial charge in [0.2, 0.25) is 0 Å². The SMILES string of the molecule is C=C1CC2CCC(CN(Cc3ccccc3)CC3CCC4CC(=C)C[C@@H]4C3)C[C@H]2C1. The summed E-state index contributed by atoms with van der Waals surface area (Å²) in [6, 6.07) is 11.2. The molecule has 4 fully saturated rings. The molecule has 1 heteroatoms. The molecule has 5 rings (SSSR count). The summed E-state index contributed by atoms with van der Waals surface area (Å²) in [5.74, 6) is 5.58. The lowest BCUT2D eigenvalue weighted by atomic mass is 9.74. The van der Waals surface area contributed by atoms with E-state index in [9.17, 15) is 0 Å². The zero-order valence-electron chi connectivity index (χ0n) is 18.9. The molecular weight excluding hydrogens is 362 g/mol. The Hall–Kier alpha value is -1.34. The Balaban J connectivity index is 1.23. The molecule has 4 unspecified atom stereocenters. The molecule has 1 aromatic rings. The van der Waals surface area contributed by atoms with Gasteiger partial charge in [0.1, 0.15) is 0 Å². The maximum atomic E-state index is 4.31. The van der Waals surface area contributed by atoms with E-state index in [1.807, 2.05) is 0 Å². The van der Waals surface area contributed by atoms with Gasteiger partial charge in [-0.05, 0) is 105 Å². The van der Waals surface area contributed by atoms with Crippen LogP contribution in [0.2, 0.25) is 0 Å². The van der Waals surface area contributed by atoms with Crippen molar-refractivity contribution in [3.05, 3.63) is 60.2 Å². The molecule has 6 atom stereocenters. The van der Waals surface area contributed by atoms with Crippen molar-refractivity contribution in [3.8, 4) is 0 Å². The zero-order chi connectivity index (χ0) is 20.5. The molecule has 0 heterocycles. The van der Waals surface area contributed by atoms with Crippen molar-refractivity contribution < 1.29 is 0 Å². The average Bonchev–Trinajstić information content (AvgIpc) is 3.28. The number of rotatable bonds is 6. The smallest absolute Gasteiger partial charge is 0.0233 e. The van der Waals surface area contributed by atoms with Crippen LogP contribution in [-0.2, 0) is 6.54 Å². The van der Waals surface area contributed by atoms with E-state index in [1.54, 1.807) is 0 Å². The summed E-state index contributed by atoms with van der Waals surface area (Å²) in [6.45, 7) is 12.4. The molecule has 30 heavy (non-hydrogen) atoms. The van der Waals surface area contributed by atoms with Crippen molar-refractivity contribution in [2.45, 2.75) is 70.8 Å². The van der Waals surface area contributed by atoms with E-state index in [0.717, 1.165) is 42.1 Å². The monoisotopic (exact) mass is 403 g/mol. The van der Waals surface area contributed by atoms with Crippen LogP contribution in [0.25, 0.3) is 0 Å². The highest BCUT2D eigenvalue weighted by molar-refractivity contribution is 5.15. The summed E-state index contributed by atoms with van der Waals surface area (Å²) in [5, 5.41) is 0. The number of allylic oxidation sites excluding steroid dienone is 2. The Morgan fingerprint density at radius 1 is 0.667 bits per heavy atom. The van der Waals surface area contributed by atoms with Crippen LogP contribution >= 0.6 is 0 Å². The van der Waals surface area contributed by atoms with Gasteiger partial charge in [-0.3, -0.25) is 4.90 Å². The van der Waals surface area contributed by atoms with Crippen LogP contribution in [-0.4, -0.2) is 18.0 Å². The minimum absolute atomic E-state index is 0.892. The number of nitrogens with zero attached hydrogens (tertiary/aromatic N) is 1. The van der Waals surface area contributed by atoms with Crippen LogP contribution < -0.4 is 0 Å². The molecule has 1 nitrogen and oxygen atoms in total. The normalized spacial score (nSPS) is 36.2. The Labute approximate surface area is 184 Å². The van der Waals surface area contributed by atoms with E-state index in [0.29, 0.717) is 0 Å². The van der Waals surface area contributed by atoms with Crippen molar-refractivity contribution in [3.63, 3.8) is 0 Å². The summed E-state index contributed by atoms with van der Waals surface area (Å²) < 4.78 is 0. The standard InChI is InChI=1S/C29H41N/c1-21-12-26-10-8-24(16-28(26)14-21)19-30(18-23-6-4-3-5-7-23)20-25-9-11-27-13-22(2)15-29(27)17-25/h3-7,24-29H,1-2,8-20H2/t24?,25?,26?,27?,28-,29-/m1/s1. The minimum Gasteiger partial charge on any atom is -0.299 e. The van der Waals surface area contributed by atoms with Gasteiger partial charge < -0.3 is 0 Å². The molecule has 0 spiro atoms. The van der Waals surface area contributed by atoms with Crippen molar-refractivity contribution in [2.24, 2.45) is 35.5 Å². The predicted molar refractivity (Wildman–Crippen MR) is 127 cm³/mol. The van der Waals surface area contributed by atoms with E-state index >= 15 is 0 Å². The Bertz CT molecular complexity index is 705. The molecule has 162 valence electrons. The van der Waals surface area contributed by atoms with Crippen molar-refractivity contribution in [1.82, 2.24) is 4.90 Å². The van der Waals surface area contributed by atoms with E-state index in [4.69, 9.17) is 0 Å². The fraction of sp³-hybridized carbons (Fsp3) is 0.655. The van der Waals surface area contributed by atoms with Crippen LogP contribution in [0.4, 0.5) is 0 Å². The minimum atomic E-state index is 0.892. The average molecular weight is 404 g/mol. The van der Waals surface area contributed by atoms with Crippen molar-refractivity contribution in [2.75, 3.05) is 13.1 Å². The van der Waals surface area contributed by atoms with Crippen LogP contribution in [0.5, 0.6) is 0 Å². The van der Waals surface area contributed by atoms with Crippen molar-refractivity contribution in [1.29, 1.82) is 0 Å². The number of fused-ring (bicyclic) bond motifs is 2. The van der Waals surface area contributed by atoms with Gasteiger partial charge in [0, 0.05) is 19.6 Å². The highest BCUT2D eigenvalue weighted by Crippen LogP contribution is 2.48. The van der Waals surface area contributed by atoms with Crippen LogP contribution in [0.1, 0.15) is 69.8 Å². The molecule has 0 aliphatic heterocycles. The second kappa shape index (κ2) is 9.03. The molecule has 4 aliphatic rings. The number of hydrogen-bond acceptors (Lipinski definition) is 1. The Morgan fingerprint density at radius 2 is 1.17 bits per heavy atom. The third-order valence-electron chi connectivity index (χ3n) is 8.98. The zero-order valence-corrected chi connectivity index (χ0v) is 18.9. The maximum Gasteiger partial charge on any atom is 0.0233 e. The lowest BCUT2D eigenvalue weighted by Gasteiger charge is -2.38. The highest BCUT2D eigenvalue weighted by Gasteiger charge is 2.38. The van der Waals surface area contributed by atoms with Gasteiger partial charge in [-0.1, -0.05) is 54.6 Å². The largest absolute Gasteiger partial charge is 0.299 e. The van der Waals surface area contributed by atoms with Gasteiger partial charge in [-0.25, -0.2) is 0 Å². The Kier molecular flexibility index (Phi) is 6.19. The molecule has 0 radical (unpaired) electrons. The lowest BCUT2D eigenvalue weighted by molar-refractivity contribution is 0.107. The fourth-order valence-corrected chi connectivity index (χ4v) is 7.64. The van der Waals surface area contributed by atoms with Gasteiger partial charge in [0.15, 0.2) is 0 Å². The van der Waals surface area contributed by atoms with Gasteiger partial charge in [-0.15, -0.1) is 0 Å². The first-order valence-corrected chi connectivity index (χ1v) is 12.7. The summed E-state index contributed by atoms with van der Waals surface area (Å²) >= 11 is 0. The Morgan fingerprint density at radius 3 is 1.70 bits per heavy atom. The molecule has 0 saturated heterocycles. The molecule has 0 N–H and O–H groups in total. The van der Waals surface area contributed by atoms with E-state index < -0.39 is 0 Å². The molecular formula is C29H41N.